The number of carbonyl (C=O) groups is 1. The minimum atomic E-state index is -0.482. The first-order valence-corrected chi connectivity index (χ1v) is 6.46. The maximum Gasteiger partial charge on any atom is 0.202 e. The van der Waals surface area contributed by atoms with Crippen molar-refractivity contribution >= 4 is 5.78 Å². The molecule has 0 amide bonds. The van der Waals surface area contributed by atoms with Crippen LogP contribution in [0, 0.1) is 0 Å². The molecule has 94 valence electrons. The molecule has 2 aliphatic rings. The maximum atomic E-state index is 12.3. The molecule has 0 bridgehead atoms. The second-order valence-corrected chi connectivity index (χ2v) is 4.70. The van der Waals surface area contributed by atoms with Crippen molar-refractivity contribution in [3.8, 4) is 11.5 Å². The fraction of sp³-hybridized carbons (Fsp3) is 0.400. The lowest BCUT2D eigenvalue weighted by molar-refractivity contribution is -0.124. The molecule has 1 atom stereocenters. The molecule has 0 radical (unpaired) electrons. The lowest BCUT2D eigenvalue weighted by atomic mass is 9.94. The Balaban J connectivity index is 1.75. The third-order valence-electron chi connectivity index (χ3n) is 3.41. The van der Waals surface area contributed by atoms with Crippen molar-refractivity contribution in [2.24, 2.45) is 0 Å². The third-order valence-corrected chi connectivity index (χ3v) is 3.41. The van der Waals surface area contributed by atoms with Crippen molar-refractivity contribution in [1.29, 1.82) is 0 Å². The van der Waals surface area contributed by atoms with E-state index in [0.29, 0.717) is 12.4 Å². The fourth-order valence-electron chi connectivity index (χ4n) is 2.42. The summed E-state index contributed by atoms with van der Waals surface area (Å²) in [6.45, 7) is 0.313. The topological polar surface area (TPSA) is 35.5 Å². The Hall–Kier alpha value is -1.77. The van der Waals surface area contributed by atoms with Gasteiger partial charge in [0.05, 0.1) is 0 Å². The summed E-state index contributed by atoms with van der Waals surface area (Å²) in [5.41, 5.74) is 0.911. The molecule has 3 rings (SSSR count). The van der Waals surface area contributed by atoms with Crippen molar-refractivity contribution in [2.75, 3.05) is 6.61 Å². The molecule has 0 saturated heterocycles. The van der Waals surface area contributed by atoms with Crippen LogP contribution in [0.5, 0.6) is 11.5 Å². The van der Waals surface area contributed by atoms with Gasteiger partial charge in [-0.25, -0.2) is 0 Å². The molecule has 1 aliphatic carbocycles. The van der Waals surface area contributed by atoms with Gasteiger partial charge in [-0.15, -0.1) is 0 Å². The van der Waals surface area contributed by atoms with E-state index >= 15 is 0 Å². The summed E-state index contributed by atoms with van der Waals surface area (Å²) in [7, 11) is 0. The van der Waals surface area contributed by atoms with E-state index in [2.05, 4.69) is 6.08 Å². The number of para-hydroxylation sites is 2. The van der Waals surface area contributed by atoms with Gasteiger partial charge in [-0.1, -0.05) is 18.2 Å². The summed E-state index contributed by atoms with van der Waals surface area (Å²) in [5.74, 6) is 1.47. The predicted octanol–water partition coefficient (Wildman–Crippen LogP) is 2.90. The van der Waals surface area contributed by atoms with Crippen LogP contribution in [0.2, 0.25) is 0 Å². The average molecular weight is 244 g/mol. The van der Waals surface area contributed by atoms with Crippen LogP contribution in [0.15, 0.2) is 35.9 Å². The van der Waals surface area contributed by atoms with Gasteiger partial charge in [0.15, 0.2) is 17.6 Å². The van der Waals surface area contributed by atoms with Crippen molar-refractivity contribution in [2.45, 2.75) is 31.8 Å². The van der Waals surface area contributed by atoms with Crippen molar-refractivity contribution in [1.82, 2.24) is 0 Å². The number of ether oxygens (including phenoxy) is 2. The van der Waals surface area contributed by atoms with Gasteiger partial charge >= 0.3 is 0 Å². The van der Waals surface area contributed by atoms with Gasteiger partial charge in [-0.05, 0) is 43.4 Å². The Bertz CT molecular complexity index is 490. The SMILES string of the molecule is O=C(C1=CCCCC1)C1COc2ccccc2O1. The summed E-state index contributed by atoms with van der Waals surface area (Å²) in [4.78, 5) is 12.3. The highest BCUT2D eigenvalue weighted by Gasteiger charge is 2.29. The second kappa shape index (κ2) is 4.84. The predicted molar refractivity (Wildman–Crippen MR) is 67.9 cm³/mol. The summed E-state index contributed by atoms with van der Waals surface area (Å²) < 4.78 is 11.3. The monoisotopic (exact) mass is 244 g/mol. The van der Waals surface area contributed by atoms with Gasteiger partial charge in [0, 0.05) is 0 Å². The summed E-state index contributed by atoms with van der Waals surface area (Å²) in [6.07, 6.45) is 5.73. The smallest absolute Gasteiger partial charge is 0.202 e. The number of allylic oxidation sites excluding steroid dienone is 1. The van der Waals surface area contributed by atoms with Gasteiger partial charge in [0.1, 0.15) is 6.61 Å². The summed E-state index contributed by atoms with van der Waals surface area (Å²) in [5, 5.41) is 0. The van der Waals surface area contributed by atoms with Crippen LogP contribution < -0.4 is 9.47 Å². The number of Topliss-reactive ketones (excluding diaryl/α,β-unsaturated/α-hetero) is 1. The summed E-state index contributed by atoms with van der Waals surface area (Å²) >= 11 is 0. The third kappa shape index (κ3) is 2.13. The number of carbonyl (C=O) groups excluding carboxylic acids is 1. The van der Waals surface area contributed by atoms with E-state index < -0.39 is 6.10 Å². The number of rotatable bonds is 2. The maximum absolute atomic E-state index is 12.3. The van der Waals surface area contributed by atoms with E-state index in [4.69, 9.17) is 9.47 Å². The zero-order valence-corrected chi connectivity index (χ0v) is 10.2. The first-order valence-electron chi connectivity index (χ1n) is 6.46. The number of benzene rings is 1. The number of ketones is 1. The fourth-order valence-corrected chi connectivity index (χ4v) is 2.42. The number of fused-ring (bicyclic) bond motifs is 1. The zero-order valence-electron chi connectivity index (χ0n) is 10.2. The largest absolute Gasteiger partial charge is 0.485 e. The minimum Gasteiger partial charge on any atom is -0.485 e. The Morgan fingerprint density at radius 3 is 2.78 bits per heavy atom. The average Bonchev–Trinajstić information content (AvgIpc) is 2.47. The number of hydrogen-bond donors (Lipinski definition) is 0. The standard InChI is InChI=1S/C15H16O3/c16-15(11-6-2-1-3-7-11)14-10-17-12-8-4-5-9-13(12)18-14/h4-6,8-9,14H,1-3,7,10H2. The summed E-state index contributed by atoms with van der Waals surface area (Å²) in [6, 6.07) is 7.48. The van der Waals surface area contributed by atoms with Crippen LogP contribution in [-0.2, 0) is 4.79 Å². The van der Waals surface area contributed by atoms with Crippen molar-refractivity contribution < 1.29 is 14.3 Å². The molecule has 3 nitrogen and oxygen atoms in total. The molecule has 1 aromatic rings. The minimum absolute atomic E-state index is 0.0872. The second-order valence-electron chi connectivity index (χ2n) is 4.70. The van der Waals surface area contributed by atoms with E-state index in [1.807, 2.05) is 24.3 Å². The Labute approximate surface area is 106 Å². The highest BCUT2D eigenvalue weighted by atomic mass is 16.6. The van der Waals surface area contributed by atoms with Gasteiger partial charge in [0.25, 0.3) is 0 Å². The molecule has 0 N–H and O–H groups in total. The van der Waals surface area contributed by atoms with E-state index in [1.54, 1.807) is 0 Å². The molecule has 3 heteroatoms. The Kier molecular flexibility index (Phi) is 3.05. The van der Waals surface area contributed by atoms with Crippen LogP contribution >= 0.6 is 0 Å². The molecule has 1 aliphatic heterocycles. The van der Waals surface area contributed by atoms with E-state index in [-0.39, 0.29) is 5.78 Å². The molecule has 0 saturated carbocycles. The highest BCUT2D eigenvalue weighted by Crippen LogP contribution is 2.32. The molecule has 0 fully saturated rings. The van der Waals surface area contributed by atoms with Gasteiger partial charge < -0.3 is 9.47 Å². The van der Waals surface area contributed by atoms with E-state index in [9.17, 15) is 4.79 Å². The number of hydrogen-bond acceptors (Lipinski definition) is 3. The molecule has 1 aromatic carbocycles. The van der Waals surface area contributed by atoms with Crippen LogP contribution in [-0.4, -0.2) is 18.5 Å². The Morgan fingerprint density at radius 1 is 1.17 bits per heavy atom. The zero-order chi connectivity index (χ0) is 12.4. The first-order chi connectivity index (χ1) is 8.84. The molecular weight excluding hydrogens is 228 g/mol. The van der Waals surface area contributed by atoms with E-state index in [0.717, 1.165) is 30.6 Å². The van der Waals surface area contributed by atoms with Crippen LogP contribution in [0.1, 0.15) is 25.7 Å². The quantitative estimate of drug-likeness (QED) is 0.802. The van der Waals surface area contributed by atoms with Gasteiger partial charge in [-0.3, -0.25) is 4.79 Å². The molecule has 0 spiro atoms. The van der Waals surface area contributed by atoms with Gasteiger partial charge in [-0.2, -0.15) is 0 Å². The molecule has 1 heterocycles. The first kappa shape index (κ1) is 11.3. The van der Waals surface area contributed by atoms with Crippen molar-refractivity contribution in [3.63, 3.8) is 0 Å². The normalized spacial score (nSPS) is 22.2. The lowest BCUT2D eigenvalue weighted by Crippen LogP contribution is -2.37. The Morgan fingerprint density at radius 2 is 2.00 bits per heavy atom. The molecule has 1 unspecified atom stereocenters. The van der Waals surface area contributed by atoms with Crippen LogP contribution in [0.4, 0.5) is 0 Å². The van der Waals surface area contributed by atoms with Crippen molar-refractivity contribution in [3.05, 3.63) is 35.9 Å². The molecule has 18 heavy (non-hydrogen) atoms. The van der Waals surface area contributed by atoms with Gasteiger partial charge in [0.2, 0.25) is 5.78 Å². The van der Waals surface area contributed by atoms with Crippen LogP contribution in [0.25, 0.3) is 0 Å². The van der Waals surface area contributed by atoms with E-state index in [1.165, 1.54) is 6.42 Å². The molecule has 0 aromatic heterocycles. The lowest BCUT2D eigenvalue weighted by Gasteiger charge is -2.26. The molecular formula is C15H16O3. The van der Waals surface area contributed by atoms with Crippen LogP contribution in [0.3, 0.4) is 0 Å². The highest BCUT2D eigenvalue weighted by molar-refractivity contribution is 5.99.